The molecular weight excluding hydrogens is 200 g/mol. The molecule has 2 atom stereocenters. The summed E-state index contributed by atoms with van der Waals surface area (Å²) in [5.74, 6) is 0. The van der Waals surface area contributed by atoms with Crippen molar-refractivity contribution in [2.75, 3.05) is 32.8 Å². The highest BCUT2D eigenvalue weighted by atomic mass is 16.5. The van der Waals surface area contributed by atoms with Crippen molar-refractivity contribution in [1.82, 2.24) is 10.2 Å². The Balaban J connectivity index is 1.78. The first-order valence-corrected chi connectivity index (χ1v) is 6.96. The maximum Gasteiger partial charge on any atom is 0.0702 e. The zero-order valence-electron chi connectivity index (χ0n) is 10.6. The Labute approximate surface area is 99.5 Å². The maximum absolute atomic E-state index is 5.75. The number of ether oxygens (including phenoxy) is 1. The molecule has 2 rings (SSSR count). The van der Waals surface area contributed by atoms with E-state index in [4.69, 9.17) is 4.74 Å². The molecule has 0 aromatic rings. The van der Waals surface area contributed by atoms with Crippen LogP contribution in [0, 0.1) is 0 Å². The van der Waals surface area contributed by atoms with E-state index >= 15 is 0 Å². The zero-order valence-corrected chi connectivity index (χ0v) is 10.6. The summed E-state index contributed by atoms with van der Waals surface area (Å²) in [4.78, 5) is 2.65. The van der Waals surface area contributed by atoms with Gasteiger partial charge in [-0.15, -0.1) is 0 Å². The van der Waals surface area contributed by atoms with Crippen molar-refractivity contribution < 1.29 is 4.74 Å². The highest BCUT2D eigenvalue weighted by molar-refractivity contribution is 4.81. The lowest BCUT2D eigenvalue weighted by molar-refractivity contribution is 0.0444. The summed E-state index contributed by atoms with van der Waals surface area (Å²) in [6, 6.07) is 0.748. The van der Waals surface area contributed by atoms with E-state index in [0.29, 0.717) is 6.10 Å². The highest BCUT2D eigenvalue weighted by Gasteiger charge is 2.26. The summed E-state index contributed by atoms with van der Waals surface area (Å²) >= 11 is 0. The van der Waals surface area contributed by atoms with E-state index in [0.717, 1.165) is 32.3 Å². The van der Waals surface area contributed by atoms with Gasteiger partial charge in [0.1, 0.15) is 0 Å². The highest BCUT2D eigenvalue weighted by Crippen LogP contribution is 2.20. The second kappa shape index (κ2) is 6.58. The molecule has 2 unspecified atom stereocenters. The average Bonchev–Trinajstić information content (AvgIpc) is 2.81. The van der Waals surface area contributed by atoms with Gasteiger partial charge in [0.25, 0.3) is 0 Å². The predicted octanol–water partition coefficient (Wildman–Crippen LogP) is 1.63. The Bertz CT molecular complexity index is 192. The van der Waals surface area contributed by atoms with Gasteiger partial charge in [0.05, 0.1) is 6.10 Å². The summed E-state index contributed by atoms with van der Waals surface area (Å²) in [6.07, 6.45) is 7.18. The third-order valence-corrected chi connectivity index (χ3v) is 3.84. The molecule has 3 heteroatoms. The number of rotatable bonds is 5. The van der Waals surface area contributed by atoms with Gasteiger partial charge in [0, 0.05) is 25.7 Å². The number of likely N-dealkylation sites (N-methyl/N-ethyl adjacent to an activating group) is 1. The molecular formula is C13H26N2O. The van der Waals surface area contributed by atoms with Crippen molar-refractivity contribution >= 4 is 0 Å². The van der Waals surface area contributed by atoms with E-state index in [1.807, 2.05) is 0 Å². The average molecular weight is 226 g/mol. The quantitative estimate of drug-likeness (QED) is 0.771. The minimum atomic E-state index is 0.516. The Morgan fingerprint density at radius 1 is 1.25 bits per heavy atom. The van der Waals surface area contributed by atoms with Crippen molar-refractivity contribution in [3.8, 4) is 0 Å². The topological polar surface area (TPSA) is 24.5 Å². The number of hydrogen-bond donors (Lipinski definition) is 1. The Hall–Kier alpha value is -0.120. The Morgan fingerprint density at radius 3 is 2.94 bits per heavy atom. The van der Waals surface area contributed by atoms with Gasteiger partial charge in [-0.25, -0.2) is 0 Å². The van der Waals surface area contributed by atoms with Crippen LogP contribution in [-0.4, -0.2) is 49.8 Å². The summed E-state index contributed by atoms with van der Waals surface area (Å²) in [5, 5.41) is 3.49. The van der Waals surface area contributed by atoms with Crippen molar-refractivity contribution in [3.63, 3.8) is 0 Å². The molecule has 2 fully saturated rings. The lowest BCUT2D eigenvalue weighted by Crippen LogP contribution is -2.48. The molecule has 2 aliphatic heterocycles. The van der Waals surface area contributed by atoms with Gasteiger partial charge in [-0.2, -0.15) is 0 Å². The third-order valence-electron chi connectivity index (χ3n) is 3.84. The molecule has 2 heterocycles. The zero-order chi connectivity index (χ0) is 11.2. The standard InChI is InChI=1S/C13H26N2O/c1-2-14-10-12-6-3-4-8-15(12)11-13-7-5-9-16-13/h12-14H,2-11H2,1H3. The van der Waals surface area contributed by atoms with Crippen LogP contribution in [-0.2, 0) is 4.74 Å². The number of nitrogens with zero attached hydrogens (tertiary/aromatic N) is 1. The van der Waals surface area contributed by atoms with Crippen molar-refractivity contribution in [2.24, 2.45) is 0 Å². The first kappa shape index (κ1) is 12.3. The van der Waals surface area contributed by atoms with Crippen LogP contribution in [0.5, 0.6) is 0 Å². The van der Waals surface area contributed by atoms with E-state index < -0.39 is 0 Å². The van der Waals surface area contributed by atoms with Gasteiger partial charge < -0.3 is 10.1 Å². The lowest BCUT2D eigenvalue weighted by Gasteiger charge is -2.37. The molecule has 0 aliphatic carbocycles. The van der Waals surface area contributed by atoms with Gasteiger partial charge in [-0.1, -0.05) is 13.3 Å². The van der Waals surface area contributed by atoms with Crippen LogP contribution >= 0.6 is 0 Å². The predicted molar refractivity (Wildman–Crippen MR) is 66.7 cm³/mol. The van der Waals surface area contributed by atoms with Gasteiger partial charge in [0.15, 0.2) is 0 Å². The van der Waals surface area contributed by atoms with Crippen LogP contribution in [0.4, 0.5) is 0 Å². The third kappa shape index (κ3) is 3.44. The van der Waals surface area contributed by atoms with Gasteiger partial charge in [-0.05, 0) is 38.8 Å². The van der Waals surface area contributed by atoms with Crippen molar-refractivity contribution in [3.05, 3.63) is 0 Å². The lowest BCUT2D eigenvalue weighted by atomic mass is 10.0. The van der Waals surface area contributed by atoms with Gasteiger partial charge >= 0.3 is 0 Å². The largest absolute Gasteiger partial charge is 0.377 e. The van der Waals surface area contributed by atoms with E-state index in [-0.39, 0.29) is 0 Å². The second-order valence-electron chi connectivity index (χ2n) is 5.09. The van der Waals surface area contributed by atoms with E-state index in [1.165, 1.54) is 38.6 Å². The number of nitrogens with one attached hydrogen (secondary N) is 1. The molecule has 1 N–H and O–H groups in total. The first-order chi connectivity index (χ1) is 7.90. The molecule has 16 heavy (non-hydrogen) atoms. The molecule has 2 saturated heterocycles. The molecule has 0 saturated carbocycles. The van der Waals surface area contributed by atoms with Crippen LogP contribution in [0.15, 0.2) is 0 Å². The first-order valence-electron chi connectivity index (χ1n) is 6.96. The van der Waals surface area contributed by atoms with Crippen LogP contribution < -0.4 is 5.32 Å². The molecule has 0 aromatic carbocycles. The molecule has 2 aliphatic rings. The van der Waals surface area contributed by atoms with Gasteiger partial charge in [0.2, 0.25) is 0 Å². The molecule has 0 spiro atoms. The van der Waals surface area contributed by atoms with Gasteiger partial charge in [-0.3, -0.25) is 4.90 Å². The maximum atomic E-state index is 5.75. The fourth-order valence-corrected chi connectivity index (χ4v) is 2.89. The minimum absolute atomic E-state index is 0.516. The molecule has 3 nitrogen and oxygen atoms in total. The van der Waals surface area contributed by atoms with Crippen LogP contribution in [0.2, 0.25) is 0 Å². The summed E-state index contributed by atoms with van der Waals surface area (Å²) in [6.45, 7) is 7.85. The normalized spacial score (nSPS) is 32.1. The smallest absolute Gasteiger partial charge is 0.0702 e. The minimum Gasteiger partial charge on any atom is -0.377 e. The summed E-state index contributed by atoms with van der Waals surface area (Å²) in [7, 11) is 0. The molecule has 0 radical (unpaired) electrons. The summed E-state index contributed by atoms with van der Waals surface area (Å²) in [5.41, 5.74) is 0. The van der Waals surface area contributed by atoms with Crippen LogP contribution in [0.3, 0.4) is 0 Å². The van der Waals surface area contributed by atoms with Crippen LogP contribution in [0.1, 0.15) is 39.0 Å². The van der Waals surface area contributed by atoms with Crippen molar-refractivity contribution in [2.45, 2.75) is 51.2 Å². The van der Waals surface area contributed by atoms with Crippen molar-refractivity contribution in [1.29, 1.82) is 0 Å². The Kier molecular flexibility index (Phi) is 5.07. The van der Waals surface area contributed by atoms with E-state index in [2.05, 4.69) is 17.1 Å². The monoisotopic (exact) mass is 226 g/mol. The van der Waals surface area contributed by atoms with Crippen LogP contribution in [0.25, 0.3) is 0 Å². The molecule has 0 aromatic heterocycles. The Morgan fingerprint density at radius 2 is 2.19 bits per heavy atom. The second-order valence-corrected chi connectivity index (χ2v) is 5.09. The molecule has 0 amide bonds. The summed E-state index contributed by atoms with van der Waals surface area (Å²) < 4.78 is 5.75. The fourth-order valence-electron chi connectivity index (χ4n) is 2.89. The molecule has 0 bridgehead atoms. The number of hydrogen-bond acceptors (Lipinski definition) is 3. The fraction of sp³-hybridized carbons (Fsp3) is 1.00. The number of likely N-dealkylation sites (tertiary alicyclic amines) is 1. The van der Waals surface area contributed by atoms with E-state index in [9.17, 15) is 0 Å². The molecule has 94 valence electrons. The van der Waals surface area contributed by atoms with E-state index in [1.54, 1.807) is 0 Å². The SMILES string of the molecule is CCNCC1CCCCN1CC1CCCO1. The number of piperidine rings is 1.